The lowest BCUT2D eigenvalue weighted by Gasteiger charge is -2.33. The minimum Gasteiger partial charge on any atom is -0.462 e. The highest BCUT2D eigenvalue weighted by Crippen LogP contribution is 2.52. The Balaban J connectivity index is 1.55. The molecule has 0 aliphatic carbocycles. The standard InChI is InChI=1S/C25H19N5O2/c1-15-7-18(12-28-10-15)16-4-5-22-19(8-16)25(14-31-24(26)30-25)20-9-21(29-13-23(20)32-22)17-3-2-6-27-11-17/h2-13H,14H2,1H3,(H2,26,30)/t25-/m0/s1. The summed E-state index contributed by atoms with van der Waals surface area (Å²) in [7, 11) is 0. The predicted octanol–water partition coefficient (Wildman–Crippen LogP) is 4.21. The van der Waals surface area contributed by atoms with Crippen molar-refractivity contribution in [2.24, 2.45) is 10.7 Å². The molecule has 7 heteroatoms. The first-order valence-electron chi connectivity index (χ1n) is 10.3. The third kappa shape index (κ3) is 2.82. The average molecular weight is 421 g/mol. The fraction of sp³-hybridized carbons (Fsp3) is 0.120. The van der Waals surface area contributed by atoms with Gasteiger partial charge in [-0.1, -0.05) is 6.07 Å². The molecule has 32 heavy (non-hydrogen) atoms. The molecule has 0 radical (unpaired) electrons. The Labute approximate surface area is 184 Å². The Kier molecular flexibility index (Phi) is 3.98. The van der Waals surface area contributed by atoms with Crippen LogP contribution in [0.5, 0.6) is 11.5 Å². The van der Waals surface area contributed by atoms with E-state index in [9.17, 15) is 0 Å². The number of aliphatic imine (C=N–C) groups is 1. The molecule has 0 fully saturated rings. The molecule has 7 nitrogen and oxygen atoms in total. The highest BCUT2D eigenvalue weighted by atomic mass is 16.5. The summed E-state index contributed by atoms with van der Waals surface area (Å²) in [6, 6.07) is 14.2. The van der Waals surface area contributed by atoms with E-state index in [1.807, 2.05) is 49.6 Å². The number of hydrogen-bond donors (Lipinski definition) is 1. The topological polar surface area (TPSA) is 95.5 Å². The Bertz CT molecular complexity index is 1390. The van der Waals surface area contributed by atoms with Crippen molar-refractivity contribution in [3.63, 3.8) is 0 Å². The summed E-state index contributed by atoms with van der Waals surface area (Å²) >= 11 is 0. The van der Waals surface area contributed by atoms with E-state index in [1.54, 1.807) is 18.6 Å². The van der Waals surface area contributed by atoms with Gasteiger partial charge in [-0.3, -0.25) is 15.0 Å². The van der Waals surface area contributed by atoms with E-state index in [1.165, 1.54) is 0 Å². The molecule has 0 saturated carbocycles. The SMILES string of the molecule is Cc1cncc(-c2ccc3c(c2)[C@@]2(COC(N)=N2)c2cc(-c4cccnc4)ncc2O3)c1. The summed E-state index contributed by atoms with van der Waals surface area (Å²) in [5, 5.41) is 0. The summed E-state index contributed by atoms with van der Waals surface area (Å²) in [6.45, 7) is 2.31. The molecule has 2 aliphatic heterocycles. The van der Waals surface area contributed by atoms with Crippen LogP contribution in [0.3, 0.4) is 0 Å². The first kappa shape index (κ1) is 18.5. The second-order valence-electron chi connectivity index (χ2n) is 7.97. The first-order valence-corrected chi connectivity index (χ1v) is 10.3. The van der Waals surface area contributed by atoms with Gasteiger partial charge in [-0.25, -0.2) is 4.99 Å². The second kappa shape index (κ2) is 6.88. The molecule has 0 bridgehead atoms. The predicted molar refractivity (Wildman–Crippen MR) is 120 cm³/mol. The van der Waals surface area contributed by atoms with Crippen LogP contribution in [-0.4, -0.2) is 27.6 Å². The summed E-state index contributed by atoms with van der Waals surface area (Å²) in [6.07, 6.45) is 8.94. The number of aromatic nitrogens is 3. The number of nitrogens with zero attached hydrogens (tertiary/aromatic N) is 4. The van der Waals surface area contributed by atoms with Gasteiger partial charge >= 0.3 is 0 Å². The van der Waals surface area contributed by atoms with Crippen molar-refractivity contribution in [1.82, 2.24) is 15.0 Å². The van der Waals surface area contributed by atoms with E-state index in [2.05, 4.69) is 27.1 Å². The van der Waals surface area contributed by atoms with Crippen LogP contribution >= 0.6 is 0 Å². The van der Waals surface area contributed by atoms with Crippen LogP contribution in [0.25, 0.3) is 22.4 Å². The number of pyridine rings is 3. The molecule has 4 aromatic rings. The van der Waals surface area contributed by atoms with Crippen LogP contribution in [0, 0.1) is 6.92 Å². The number of amidine groups is 1. The van der Waals surface area contributed by atoms with Crippen molar-refractivity contribution in [3.8, 4) is 33.9 Å². The normalized spacial score (nSPS) is 18.3. The van der Waals surface area contributed by atoms with Gasteiger partial charge in [0.1, 0.15) is 12.4 Å². The molecular weight excluding hydrogens is 402 g/mol. The van der Waals surface area contributed by atoms with Crippen LogP contribution in [0.2, 0.25) is 0 Å². The summed E-state index contributed by atoms with van der Waals surface area (Å²) in [5.74, 6) is 1.34. The molecule has 0 saturated heterocycles. The number of hydrogen-bond acceptors (Lipinski definition) is 7. The fourth-order valence-corrected chi connectivity index (χ4v) is 4.32. The summed E-state index contributed by atoms with van der Waals surface area (Å²) < 4.78 is 11.9. The molecule has 0 amide bonds. The molecular formula is C25H19N5O2. The van der Waals surface area contributed by atoms with Gasteiger partial charge in [0.25, 0.3) is 6.02 Å². The van der Waals surface area contributed by atoms with Gasteiger partial charge in [-0.05, 0) is 54.4 Å². The highest BCUT2D eigenvalue weighted by molar-refractivity contribution is 5.78. The van der Waals surface area contributed by atoms with Gasteiger partial charge in [0.05, 0.1) is 11.9 Å². The average Bonchev–Trinajstić information content (AvgIpc) is 3.22. The lowest BCUT2D eigenvalue weighted by Crippen LogP contribution is -2.31. The Hall–Kier alpha value is -4.26. The fourth-order valence-electron chi connectivity index (χ4n) is 4.32. The van der Waals surface area contributed by atoms with E-state index in [-0.39, 0.29) is 12.6 Å². The zero-order valence-corrected chi connectivity index (χ0v) is 17.3. The Morgan fingerprint density at radius 3 is 2.53 bits per heavy atom. The third-order valence-electron chi connectivity index (χ3n) is 5.85. The van der Waals surface area contributed by atoms with Crippen molar-refractivity contribution in [1.29, 1.82) is 0 Å². The lowest BCUT2D eigenvalue weighted by molar-refractivity contribution is 0.264. The summed E-state index contributed by atoms with van der Waals surface area (Å²) in [5.41, 5.74) is 11.8. The first-order chi connectivity index (χ1) is 15.6. The van der Waals surface area contributed by atoms with E-state index >= 15 is 0 Å². The minimum atomic E-state index is -0.819. The van der Waals surface area contributed by atoms with Crippen molar-refractivity contribution in [3.05, 3.63) is 90.1 Å². The van der Waals surface area contributed by atoms with Crippen molar-refractivity contribution >= 4 is 6.02 Å². The maximum Gasteiger partial charge on any atom is 0.283 e. The van der Waals surface area contributed by atoms with Crippen LogP contribution in [0.1, 0.15) is 16.7 Å². The zero-order chi connectivity index (χ0) is 21.7. The Morgan fingerprint density at radius 2 is 1.75 bits per heavy atom. The number of rotatable bonds is 2. The van der Waals surface area contributed by atoms with Crippen molar-refractivity contribution in [2.45, 2.75) is 12.5 Å². The molecule has 1 spiro atoms. The number of benzene rings is 1. The lowest BCUT2D eigenvalue weighted by atomic mass is 9.80. The number of nitrogens with two attached hydrogens (primary N) is 1. The van der Waals surface area contributed by atoms with Gasteiger partial charge in [-0.15, -0.1) is 0 Å². The number of aryl methyl sites for hydroxylation is 1. The molecule has 2 N–H and O–H groups in total. The number of fused-ring (bicyclic) bond motifs is 4. The van der Waals surface area contributed by atoms with Crippen LogP contribution in [0.4, 0.5) is 0 Å². The van der Waals surface area contributed by atoms with Gasteiger partial charge in [0.15, 0.2) is 11.3 Å². The second-order valence-corrected chi connectivity index (χ2v) is 7.97. The smallest absolute Gasteiger partial charge is 0.283 e. The van der Waals surface area contributed by atoms with Gasteiger partial charge in [0.2, 0.25) is 0 Å². The highest BCUT2D eigenvalue weighted by Gasteiger charge is 2.47. The molecule has 6 rings (SSSR count). The molecule has 5 heterocycles. The maximum absolute atomic E-state index is 6.25. The molecule has 156 valence electrons. The molecule has 0 unspecified atom stereocenters. The molecule has 3 aromatic heterocycles. The Morgan fingerprint density at radius 1 is 0.875 bits per heavy atom. The van der Waals surface area contributed by atoms with Gasteiger partial charge in [-0.2, -0.15) is 0 Å². The third-order valence-corrected chi connectivity index (χ3v) is 5.85. The van der Waals surface area contributed by atoms with Gasteiger partial charge < -0.3 is 15.2 Å². The van der Waals surface area contributed by atoms with Crippen molar-refractivity contribution in [2.75, 3.05) is 6.61 Å². The molecule has 1 atom stereocenters. The van der Waals surface area contributed by atoms with Crippen LogP contribution in [0.15, 0.2) is 78.4 Å². The van der Waals surface area contributed by atoms with E-state index in [0.717, 1.165) is 39.1 Å². The van der Waals surface area contributed by atoms with E-state index < -0.39 is 5.54 Å². The minimum absolute atomic E-state index is 0.158. The zero-order valence-electron chi connectivity index (χ0n) is 17.3. The van der Waals surface area contributed by atoms with Crippen molar-refractivity contribution < 1.29 is 9.47 Å². The molecule has 2 aliphatic rings. The maximum atomic E-state index is 6.25. The summed E-state index contributed by atoms with van der Waals surface area (Å²) in [4.78, 5) is 17.9. The van der Waals surface area contributed by atoms with Crippen LogP contribution in [-0.2, 0) is 10.3 Å². The van der Waals surface area contributed by atoms with E-state index in [0.29, 0.717) is 11.5 Å². The quantitative estimate of drug-likeness (QED) is 0.521. The molecule has 1 aromatic carbocycles. The van der Waals surface area contributed by atoms with Gasteiger partial charge in [0, 0.05) is 47.0 Å². The monoisotopic (exact) mass is 421 g/mol. The van der Waals surface area contributed by atoms with Crippen LogP contribution < -0.4 is 10.5 Å². The largest absolute Gasteiger partial charge is 0.462 e. The number of ether oxygens (including phenoxy) is 2. The van der Waals surface area contributed by atoms with E-state index in [4.69, 9.17) is 20.2 Å².